The van der Waals surface area contributed by atoms with E-state index in [1.807, 2.05) is 0 Å². The van der Waals surface area contributed by atoms with Gasteiger partial charge in [-0.05, 0) is 11.8 Å². The lowest BCUT2D eigenvalue weighted by Crippen LogP contribution is -1.95. The highest BCUT2D eigenvalue weighted by Gasteiger charge is 2.17. The smallest absolute Gasteiger partial charge is 0.0417 e. The van der Waals surface area contributed by atoms with Gasteiger partial charge >= 0.3 is 0 Å². The molecule has 0 amide bonds. The van der Waals surface area contributed by atoms with Crippen LogP contribution in [0.4, 0.5) is 0 Å². The molecular formula is C7H14. The van der Waals surface area contributed by atoms with E-state index >= 15 is 0 Å². The predicted octanol–water partition coefficient (Wildman–Crippen LogP) is 2.44. The minimum absolute atomic E-state index is 1.01. The molecule has 42 valence electrons. The molecule has 0 spiro atoms. The van der Waals surface area contributed by atoms with E-state index in [4.69, 9.17) is 0 Å². The Labute approximate surface area is 45.9 Å². The van der Waals surface area contributed by atoms with Crippen LogP contribution < -0.4 is 0 Å². The van der Waals surface area contributed by atoms with Crippen molar-refractivity contribution in [3.8, 4) is 0 Å². The lowest BCUT2D eigenvalue weighted by Gasteiger charge is -2.05. The van der Waals surface area contributed by atoms with Gasteiger partial charge in [0.15, 0.2) is 0 Å². The Morgan fingerprint density at radius 1 is 1.00 bits per heavy atom. The second-order valence-corrected chi connectivity index (χ2v) is 2.89. The van der Waals surface area contributed by atoms with Gasteiger partial charge in [0.25, 0.3) is 0 Å². The molecular weight excluding hydrogens is 84.1 g/mol. The standard InChI is InChI=1S/C7H14/c1-6-4-3-5-7(6)2/h6-7H,3-5H2,1-2H3. The summed E-state index contributed by atoms with van der Waals surface area (Å²) in [6, 6.07) is 0. The highest BCUT2D eigenvalue weighted by atomic mass is 14.2. The largest absolute Gasteiger partial charge is 0.0623 e. The van der Waals surface area contributed by atoms with Crippen molar-refractivity contribution < 1.29 is 0 Å². The van der Waals surface area contributed by atoms with Crippen molar-refractivity contribution in [1.29, 1.82) is 0 Å². The lowest BCUT2D eigenvalue weighted by molar-refractivity contribution is 0.457. The fourth-order valence-electron chi connectivity index (χ4n) is 1.33. The van der Waals surface area contributed by atoms with Crippen LogP contribution in [0.1, 0.15) is 33.1 Å². The third-order valence-corrected chi connectivity index (χ3v) is 2.29. The first-order chi connectivity index (χ1) is 3.30. The van der Waals surface area contributed by atoms with Gasteiger partial charge in [-0.15, -0.1) is 0 Å². The molecule has 0 saturated heterocycles. The van der Waals surface area contributed by atoms with Gasteiger partial charge in [-0.1, -0.05) is 33.1 Å². The van der Waals surface area contributed by atoms with Crippen LogP contribution in [0.3, 0.4) is 0 Å². The van der Waals surface area contributed by atoms with E-state index in [2.05, 4.69) is 13.8 Å². The quantitative estimate of drug-likeness (QED) is 0.436. The first-order valence-corrected chi connectivity index (χ1v) is 3.30. The topological polar surface area (TPSA) is 0 Å². The van der Waals surface area contributed by atoms with Gasteiger partial charge in [0, 0.05) is 0 Å². The molecule has 7 heavy (non-hydrogen) atoms. The molecule has 1 saturated carbocycles. The summed E-state index contributed by atoms with van der Waals surface area (Å²) >= 11 is 0. The Kier molecular flexibility index (Phi) is 1.36. The Morgan fingerprint density at radius 3 is 1.57 bits per heavy atom. The minimum atomic E-state index is 1.01. The van der Waals surface area contributed by atoms with E-state index in [0.717, 1.165) is 11.8 Å². The van der Waals surface area contributed by atoms with Crippen LogP contribution in [-0.4, -0.2) is 0 Å². The van der Waals surface area contributed by atoms with Crippen molar-refractivity contribution >= 4 is 0 Å². The van der Waals surface area contributed by atoms with Crippen LogP contribution >= 0.6 is 0 Å². The van der Waals surface area contributed by atoms with Crippen molar-refractivity contribution in [3.63, 3.8) is 0 Å². The van der Waals surface area contributed by atoms with Gasteiger partial charge < -0.3 is 0 Å². The molecule has 2 atom stereocenters. The maximum atomic E-state index is 2.36. The average Bonchev–Trinajstić information content (AvgIpc) is 1.91. The van der Waals surface area contributed by atoms with Crippen molar-refractivity contribution in [3.05, 3.63) is 0 Å². The van der Waals surface area contributed by atoms with Gasteiger partial charge in [-0.25, -0.2) is 0 Å². The van der Waals surface area contributed by atoms with Crippen LogP contribution in [0, 0.1) is 11.8 Å². The third-order valence-electron chi connectivity index (χ3n) is 2.29. The monoisotopic (exact) mass is 98.1 g/mol. The Hall–Kier alpha value is 0. The molecule has 0 bridgehead atoms. The van der Waals surface area contributed by atoms with Gasteiger partial charge in [0.05, 0.1) is 0 Å². The molecule has 0 nitrogen and oxygen atoms in total. The highest BCUT2D eigenvalue weighted by Crippen LogP contribution is 2.29. The summed E-state index contributed by atoms with van der Waals surface area (Å²) in [5, 5.41) is 0. The molecule has 2 unspecified atom stereocenters. The molecule has 1 aliphatic carbocycles. The van der Waals surface area contributed by atoms with Crippen LogP contribution in [0.25, 0.3) is 0 Å². The van der Waals surface area contributed by atoms with Gasteiger partial charge in [0.2, 0.25) is 0 Å². The average molecular weight is 98.2 g/mol. The summed E-state index contributed by atoms with van der Waals surface area (Å²) in [6.07, 6.45) is 4.42. The van der Waals surface area contributed by atoms with Crippen molar-refractivity contribution in [2.24, 2.45) is 11.8 Å². The van der Waals surface area contributed by atoms with Crippen LogP contribution in [0.5, 0.6) is 0 Å². The van der Waals surface area contributed by atoms with Gasteiger partial charge in [-0.2, -0.15) is 0 Å². The first kappa shape index (κ1) is 5.14. The molecule has 1 fully saturated rings. The molecule has 0 aromatic carbocycles. The van der Waals surface area contributed by atoms with E-state index < -0.39 is 0 Å². The third kappa shape index (κ3) is 0.960. The van der Waals surface area contributed by atoms with Crippen LogP contribution in [0.2, 0.25) is 0 Å². The second-order valence-electron chi connectivity index (χ2n) is 2.89. The normalized spacial score (nSPS) is 42.0. The molecule has 0 aromatic rings. The number of rotatable bonds is 0. The lowest BCUT2D eigenvalue weighted by atomic mass is 10.0. The highest BCUT2D eigenvalue weighted by molar-refractivity contribution is 4.69. The molecule has 0 aliphatic heterocycles. The molecule has 0 heterocycles. The molecule has 0 N–H and O–H groups in total. The SMILES string of the molecule is CC1CCCC1C. The fourth-order valence-corrected chi connectivity index (χ4v) is 1.33. The van der Waals surface area contributed by atoms with Crippen LogP contribution in [-0.2, 0) is 0 Å². The summed E-state index contributed by atoms with van der Waals surface area (Å²) in [6.45, 7) is 4.72. The van der Waals surface area contributed by atoms with Gasteiger partial charge in [-0.3, -0.25) is 0 Å². The summed E-state index contributed by atoms with van der Waals surface area (Å²) in [4.78, 5) is 0. The Morgan fingerprint density at radius 2 is 1.43 bits per heavy atom. The Balaban J connectivity index is 2.33. The molecule has 1 aliphatic rings. The zero-order chi connectivity index (χ0) is 5.28. The van der Waals surface area contributed by atoms with Crippen molar-refractivity contribution in [2.45, 2.75) is 33.1 Å². The summed E-state index contributed by atoms with van der Waals surface area (Å²) in [5.74, 6) is 2.03. The predicted molar refractivity (Wildman–Crippen MR) is 32.2 cm³/mol. The molecule has 0 aromatic heterocycles. The second kappa shape index (κ2) is 1.85. The minimum Gasteiger partial charge on any atom is -0.0623 e. The van der Waals surface area contributed by atoms with Crippen LogP contribution in [0.15, 0.2) is 0 Å². The maximum Gasteiger partial charge on any atom is -0.0417 e. The zero-order valence-electron chi connectivity index (χ0n) is 5.28. The first-order valence-electron chi connectivity index (χ1n) is 3.30. The molecule has 0 radical (unpaired) electrons. The fraction of sp³-hybridized carbons (Fsp3) is 1.00. The maximum absolute atomic E-state index is 2.36. The number of hydrogen-bond acceptors (Lipinski definition) is 0. The summed E-state index contributed by atoms with van der Waals surface area (Å²) < 4.78 is 0. The van der Waals surface area contributed by atoms with Gasteiger partial charge in [0.1, 0.15) is 0 Å². The summed E-state index contributed by atoms with van der Waals surface area (Å²) in [7, 11) is 0. The summed E-state index contributed by atoms with van der Waals surface area (Å²) in [5.41, 5.74) is 0. The molecule has 1 rings (SSSR count). The van der Waals surface area contributed by atoms with Crippen molar-refractivity contribution in [1.82, 2.24) is 0 Å². The van der Waals surface area contributed by atoms with E-state index in [1.54, 1.807) is 0 Å². The van der Waals surface area contributed by atoms with E-state index in [1.165, 1.54) is 19.3 Å². The van der Waals surface area contributed by atoms with Crippen molar-refractivity contribution in [2.75, 3.05) is 0 Å². The van der Waals surface area contributed by atoms with E-state index in [-0.39, 0.29) is 0 Å². The molecule has 0 heteroatoms. The zero-order valence-corrected chi connectivity index (χ0v) is 5.28. The van der Waals surface area contributed by atoms with E-state index in [0.29, 0.717) is 0 Å². The Bertz CT molecular complexity index is 49.1. The van der Waals surface area contributed by atoms with E-state index in [9.17, 15) is 0 Å². The number of hydrogen-bond donors (Lipinski definition) is 0.